The van der Waals surface area contributed by atoms with E-state index < -0.39 is 0 Å². The van der Waals surface area contributed by atoms with E-state index >= 15 is 0 Å². The van der Waals surface area contributed by atoms with Crippen molar-refractivity contribution in [1.82, 2.24) is 0 Å². The molecule has 7 aliphatic rings. The molecule has 2 saturated heterocycles. The average Bonchev–Trinajstić information content (AvgIpc) is 3.78. The van der Waals surface area contributed by atoms with E-state index in [0.717, 1.165) is 65.1 Å². The van der Waals surface area contributed by atoms with Crippen LogP contribution in [-0.2, 0) is 9.47 Å². The molecule has 7 fully saturated rings. The zero-order valence-corrected chi connectivity index (χ0v) is 39.7. The van der Waals surface area contributed by atoms with Gasteiger partial charge in [-0.2, -0.15) is 0 Å². The third-order valence-corrected chi connectivity index (χ3v) is 16.8. The summed E-state index contributed by atoms with van der Waals surface area (Å²) < 4.78 is 13.3. The van der Waals surface area contributed by atoms with Gasteiger partial charge in [0.25, 0.3) is 0 Å². The second-order valence-corrected chi connectivity index (χ2v) is 22.0. The predicted octanol–water partition coefficient (Wildman–Crippen LogP) is 16.6. The lowest BCUT2D eigenvalue weighted by atomic mass is 9.62. The molecule has 2 nitrogen and oxygen atoms in total. The third-order valence-electron chi connectivity index (χ3n) is 16.8. The van der Waals surface area contributed by atoms with E-state index in [2.05, 4.69) is 75.5 Å². The summed E-state index contributed by atoms with van der Waals surface area (Å²) in [6.07, 6.45) is 34.0. The summed E-state index contributed by atoms with van der Waals surface area (Å²) >= 11 is 0. The van der Waals surface area contributed by atoms with Crippen molar-refractivity contribution in [2.75, 3.05) is 0 Å². The number of hydrogen-bond acceptors (Lipinski definition) is 2. The van der Waals surface area contributed by atoms with Crippen LogP contribution in [0.3, 0.4) is 0 Å². The van der Waals surface area contributed by atoms with Crippen molar-refractivity contribution in [3.63, 3.8) is 0 Å². The lowest BCUT2D eigenvalue weighted by molar-refractivity contribution is -0.164. The summed E-state index contributed by atoms with van der Waals surface area (Å²) in [7, 11) is 0. The molecule has 0 aromatic heterocycles. The van der Waals surface area contributed by atoms with Crippen molar-refractivity contribution in [1.29, 1.82) is 0 Å². The maximum atomic E-state index is 6.68. The Hall–Kier alpha value is -0.600. The van der Waals surface area contributed by atoms with E-state index in [-0.39, 0.29) is 0 Å². The molecule has 15 atom stereocenters. The highest BCUT2D eigenvalue weighted by atomic mass is 16.5. The molecule has 7 rings (SSSR count). The van der Waals surface area contributed by atoms with Crippen LogP contribution in [0.15, 0.2) is 24.3 Å². The fraction of sp³-hybridized carbons (Fsp3) is 0.926. The molecule has 0 bridgehead atoms. The van der Waals surface area contributed by atoms with Crippen LogP contribution in [0.1, 0.15) is 224 Å². The average molecular weight is 779 g/mol. The van der Waals surface area contributed by atoms with Crippen molar-refractivity contribution in [2.24, 2.45) is 70.5 Å². The Balaban J connectivity index is 0.000000208. The van der Waals surface area contributed by atoms with Gasteiger partial charge in [-0.05, 0) is 186 Å². The Kier molecular flexibility index (Phi) is 20.1. The SMILES string of the molecule is C=C1CCC(CCC2CC3CC4CCC(CC)CC4C(CC)CCC3O2)C1.C=C1CCCC[C@H]1C.CC.CCC1OC2C(CCC(C)[C@H]2C)CC1CC(C)(C)C. The third kappa shape index (κ3) is 14.0. The fourth-order valence-corrected chi connectivity index (χ4v) is 13.1. The number of hydrogen-bond donors (Lipinski definition) is 0. The second-order valence-electron chi connectivity index (χ2n) is 22.0. The Bertz CT molecular complexity index is 1130. The quantitative estimate of drug-likeness (QED) is 0.240. The smallest absolute Gasteiger partial charge is 0.0635 e. The summed E-state index contributed by atoms with van der Waals surface area (Å²) in [4.78, 5) is 0. The maximum Gasteiger partial charge on any atom is 0.0635 e. The molecule has 326 valence electrons. The fourth-order valence-electron chi connectivity index (χ4n) is 13.1. The molecule has 2 aliphatic heterocycles. The van der Waals surface area contributed by atoms with Gasteiger partial charge in [0.05, 0.1) is 24.4 Å². The van der Waals surface area contributed by atoms with Crippen LogP contribution >= 0.6 is 0 Å². The van der Waals surface area contributed by atoms with Crippen LogP contribution in [-0.4, -0.2) is 24.4 Å². The minimum atomic E-state index is 0.432. The van der Waals surface area contributed by atoms with Crippen molar-refractivity contribution in [2.45, 2.75) is 248 Å². The molecule has 0 aromatic carbocycles. The van der Waals surface area contributed by atoms with Gasteiger partial charge in [0.1, 0.15) is 0 Å². The summed E-state index contributed by atoms with van der Waals surface area (Å²) in [6.45, 7) is 33.6. The molecule has 2 heteroatoms. The highest BCUT2D eigenvalue weighted by Gasteiger charge is 2.45. The van der Waals surface area contributed by atoms with Crippen LogP contribution in [0.25, 0.3) is 0 Å². The van der Waals surface area contributed by atoms with Crippen molar-refractivity contribution >= 4 is 0 Å². The Morgan fingerprint density at radius 1 is 0.643 bits per heavy atom. The maximum absolute atomic E-state index is 6.68. The van der Waals surface area contributed by atoms with Gasteiger partial charge in [0, 0.05) is 0 Å². The van der Waals surface area contributed by atoms with E-state index in [0.29, 0.717) is 29.8 Å². The van der Waals surface area contributed by atoms with Gasteiger partial charge in [-0.15, -0.1) is 0 Å². The Morgan fingerprint density at radius 3 is 2.00 bits per heavy atom. The molecule has 0 aromatic rings. The summed E-state index contributed by atoms with van der Waals surface area (Å²) in [6, 6.07) is 0. The molecule has 5 aliphatic carbocycles. The molecule has 0 amide bonds. The minimum Gasteiger partial charge on any atom is -0.375 e. The number of allylic oxidation sites excluding steroid dienone is 2. The molecule has 2 heterocycles. The lowest BCUT2D eigenvalue weighted by Gasteiger charge is -2.49. The Morgan fingerprint density at radius 2 is 1.39 bits per heavy atom. The second kappa shape index (κ2) is 23.4. The topological polar surface area (TPSA) is 18.5 Å². The number of fused-ring (bicyclic) bond motifs is 3. The first-order valence-corrected chi connectivity index (χ1v) is 25.4. The Labute approximate surface area is 351 Å². The van der Waals surface area contributed by atoms with Gasteiger partial charge in [-0.25, -0.2) is 0 Å². The van der Waals surface area contributed by atoms with Crippen molar-refractivity contribution in [3.05, 3.63) is 24.3 Å². The molecule has 0 N–H and O–H groups in total. The largest absolute Gasteiger partial charge is 0.375 e. The monoisotopic (exact) mass is 779 g/mol. The number of rotatable bonds is 7. The van der Waals surface area contributed by atoms with E-state index in [1.807, 2.05) is 13.8 Å². The first-order valence-electron chi connectivity index (χ1n) is 25.4. The van der Waals surface area contributed by atoms with Gasteiger partial charge in [-0.1, -0.05) is 133 Å². The normalized spacial score (nSPS) is 41.2. The van der Waals surface area contributed by atoms with Crippen LogP contribution in [0.4, 0.5) is 0 Å². The standard InChI is InChI=1S/C26H44O.C18H34O.C8H14.C2H6/c1-4-19-8-10-22-16-23-17-24(12-9-20-7-6-18(3)14-20)27-26(23)13-11-21(5-2)25(22)15-19;1-7-16-15(11-18(4,5)6)10-14-9-8-12(2)13(3)17(14)19-16;1-7-5-3-4-6-8(7)2;1-2/h19-26H,3-17H2,1-2H3;12-17H,7-11H2,1-6H3;8H,1,3-6H2,2H3;1-2H3/t;12?,13-,14?,15?,16?,17?;8-;/m.11./s1. The molecule has 56 heavy (non-hydrogen) atoms. The zero-order valence-electron chi connectivity index (χ0n) is 39.7. The summed E-state index contributed by atoms with van der Waals surface area (Å²) in [5.74, 6) is 9.83. The van der Waals surface area contributed by atoms with Crippen LogP contribution in [0.5, 0.6) is 0 Å². The summed E-state index contributed by atoms with van der Waals surface area (Å²) in [5.41, 5.74) is 3.39. The van der Waals surface area contributed by atoms with Crippen LogP contribution < -0.4 is 0 Å². The molecular weight excluding hydrogens is 681 g/mol. The van der Waals surface area contributed by atoms with E-state index in [1.165, 1.54) is 159 Å². The predicted molar refractivity (Wildman–Crippen MR) is 245 cm³/mol. The van der Waals surface area contributed by atoms with Gasteiger partial charge in [-0.3, -0.25) is 0 Å². The molecule has 0 spiro atoms. The van der Waals surface area contributed by atoms with Crippen molar-refractivity contribution in [3.8, 4) is 0 Å². The van der Waals surface area contributed by atoms with Crippen LogP contribution in [0.2, 0.25) is 0 Å². The highest BCUT2D eigenvalue weighted by Crippen LogP contribution is 2.50. The summed E-state index contributed by atoms with van der Waals surface area (Å²) in [5, 5.41) is 0. The van der Waals surface area contributed by atoms with Crippen molar-refractivity contribution < 1.29 is 9.47 Å². The molecular formula is C54H98O2. The van der Waals surface area contributed by atoms with E-state index in [1.54, 1.807) is 0 Å². The van der Waals surface area contributed by atoms with Gasteiger partial charge < -0.3 is 9.47 Å². The molecule has 5 saturated carbocycles. The zero-order chi connectivity index (χ0) is 41.0. The first kappa shape index (κ1) is 48.1. The first-order chi connectivity index (χ1) is 26.8. The molecule has 0 radical (unpaired) electrons. The molecule has 13 unspecified atom stereocenters. The van der Waals surface area contributed by atoms with Gasteiger partial charge in [0.15, 0.2) is 0 Å². The number of ether oxygens (including phenoxy) is 2. The van der Waals surface area contributed by atoms with E-state index in [4.69, 9.17) is 9.47 Å². The van der Waals surface area contributed by atoms with Crippen LogP contribution in [0, 0.1) is 70.5 Å². The highest BCUT2D eigenvalue weighted by molar-refractivity contribution is 5.03. The van der Waals surface area contributed by atoms with E-state index in [9.17, 15) is 0 Å². The minimum absolute atomic E-state index is 0.432. The lowest BCUT2D eigenvalue weighted by Crippen LogP contribution is -2.48. The van der Waals surface area contributed by atoms with Gasteiger partial charge in [0.2, 0.25) is 0 Å². The van der Waals surface area contributed by atoms with Gasteiger partial charge >= 0.3 is 0 Å².